The summed E-state index contributed by atoms with van der Waals surface area (Å²) in [5.41, 5.74) is 1.01. The molecule has 2 unspecified atom stereocenters. The number of nitrogens with zero attached hydrogens (tertiary/aromatic N) is 2. The van der Waals surface area contributed by atoms with Gasteiger partial charge in [-0.3, -0.25) is 0 Å². The number of aromatic nitrogens is 2. The number of aliphatic hydroxyl groups excluding tert-OH is 1. The lowest BCUT2D eigenvalue weighted by molar-refractivity contribution is 0.220. The Balaban J connectivity index is 2.77. The van der Waals surface area contributed by atoms with Crippen LogP contribution in [0.4, 0.5) is 0 Å². The third-order valence-corrected chi connectivity index (χ3v) is 2.50. The quantitative estimate of drug-likeness (QED) is 0.758. The van der Waals surface area contributed by atoms with Crippen molar-refractivity contribution in [2.24, 2.45) is 5.92 Å². The fourth-order valence-corrected chi connectivity index (χ4v) is 1.14. The van der Waals surface area contributed by atoms with Crippen LogP contribution >= 0.6 is 11.6 Å². The Hall–Kier alpha value is -0.670. The van der Waals surface area contributed by atoms with Crippen molar-refractivity contribution in [3.8, 4) is 0 Å². The average molecular weight is 201 g/mol. The molecule has 1 heterocycles. The average Bonchev–Trinajstić information content (AvgIpc) is 2.17. The Morgan fingerprint density at radius 3 is 2.38 bits per heavy atom. The predicted octanol–water partition coefficient (Wildman–Crippen LogP) is 1.86. The molecule has 0 bridgehead atoms. The molecule has 4 heteroatoms. The molecule has 1 aromatic heterocycles. The molecule has 0 saturated carbocycles. The molecule has 1 rings (SSSR count). The molecular formula is C9H13ClN2O. The van der Waals surface area contributed by atoms with Crippen LogP contribution in [0.3, 0.4) is 0 Å². The first-order valence-electron chi connectivity index (χ1n) is 4.23. The Labute approximate surface area is 82.8 Å². The largest absolute Gasteiger partial charge is 0.396 e. The minimum absolute atomic E-state index is 0.170. The van der Waals surface area contributed by atoms with Gasteiger partial charge < -0.3 is 5.11 Å². The maximum atomic E-state index is 8.95. The monoisotopic (exact) mass is 200 g/mol. The van der Waals surface area contributed by atoms with Crippen molar-refractivity contribution in [1.29, 1.82) is 0 Å². The second-order valence-electron chi connectivity index (χ2n) is 3.23. The first-order chi connectivity index (χ1) is 6.15. The maximum absolute atomic E-state index is 8.95. The molecule has 0 spiro atoms. The zero-order valence-corrected chi connectivity index (χ0v) is 8.49. The third kappa shape index (κ3) is 2.64. The fourth-order valence-electron chi connectivity index (χ4n) is 1.04. The number of hydrogen-bond acceptors (Lipinski definition) is 3. The zero-order valence-electron chi connectivity index (χ0n) is 7.74. The summed E-state index contributed by atoms with van der Waals surface area (Å²) in [6.45, 7) is 4.19. The molecule has 0 fully saturated rings. The highest BCUT2D eigenvalue weighted by Gasteiger charge is 2.13. The van der Waals surface area contributed by atoms with Crippen LogP contribution in [-0.2, 0) is 0 Å². The summed E-state index contributed by atoms with van der Waals surface area (Å²) in [6.07, 6.45) is 3.40. The van der Waals surface area contributed by atoms with Crippen molar-refractivity contribution in [1.82, 2.24) is 9.97 Å². The minimum atomic E-state index is 0.170. The summed E-state index contributed by atoms with van der Waals surface area (Å²) in [7, 11) is 0. The SMILES string of the molecule is CC(CO)C(C)c1cnc(Cl)nc1. The van der Waals surface area contributed by atoms with Crippen LogP contribution in [0.25, 0.3) is 0 Å². The molecule has 0 aromatic carbocycles. The molecule has 0 aliphatic heterocycles. The maximum Gasteiger partial charge on any atom is 0.222 e. The lowest BCUT2D eigenvalue weighted by atomic mass is 9.91. The number of hydrogen-bond donors (Lipinski definition) is 1. The molecule has 3 nitrogen and oxygen atoms in total. The van der Waals surface area contributed by atoms with Crippen LogP contribution in [0.2, 0.25) is 5.28 Å². The van der Waals surface area contributed by atoms with E-state index in [1.54, 1.807) is 12.4 Å². The second kappa shape index (κ2) is 4.53. The van der Waals surface area contributed by atoms with E-state index in [0.717, 1.165) is 5.56 Å². The third-order valence-electron chi connectivity index (χ3n) is 2.31. The summed E-state index contributed by atoms with van der Waals surface area (Å²) in [5, 5.41) is 9.21. The molecule has 0 radical (unpaired) electrons. The van der Waals surface area contributed by atoms with Gasteiger partial charge in [0.05, 0.1) is 0 Å². The van der Waals surface area contributed by atoms with Crippen molar-refractivity contribution >= 4 is 11.6 Å². The van der Waals surface area contributed by atoms with Gasteiger partial charge in [-0.25, -0.2) is 9.97 Å². The van der Waals surface area contributed by atoms with E-state index in [1.807, 2.05) is 13.8 Å². The molecule has 0 saturated heterocycles. The van der Waals surface area contributed by atoms with Gasteiger partial charge in [-0.1, -0.05) is 13.8 Å². The Morgan fingerprint density at radius 2 is 1.92 bits per heavy atom. The number of aliphatic hydroxyl groups is 1. The molecule has 0 amide bonds. The second-order valence-corrected chi connectivity index (χ2v) is 3.57. The van der Waals surface area contributed by atoms with E-state index >= 15 is 0 Å². The molecule has 1 aromatic rings. The highest BCUT2D eigenvalue weighted by atomic mass is 35.5. The summed E-state index contributed by atoms with van der Waals surface area (Å²) >= 11 is 5.56. The van der Waals surface area contributed by atoms with Crippen LogP contribution in [0, 0.1) is 5.92 Å². The van der Waals surface area contributed by atoms with Crippen molar-refractivity contribution in [2.45, 2.75) is 19.8 Å². The fraction of sp³-hybridized carbons (Fsp3) is 0.556. The van der Waals surface area contributed by atoms with E-state index in [0.29, 0.717) is 0 Å². The van der Waals surface area contributed by atoms with Crippen molar-refractivity contribution in [3.63, 3.8) is 0 Å². The summed E-state index contributed by atoms with van der Waals surface area (Å²) in [4.78, 5) is 7.78. The Bertz CT molecular complexity index is 263. The molecular weight excluding hydrogens is 188 g/mol. The van der Waals surface area contributed by atoms with Crippen LogP contribution in [0.1, 0.15) is 25.3 Å². The first kappa shape index (κ1) is 10.4. The molecule has 13 heavy (non-hydrogen) atoms. The van der Waals surface area contributed by atoms with Gasteiger partial charge in [-0.2, -0.15) is 0 Å². The van der Waals surface area contributed by atoms with E-state index < -0.39 is 0 Å². The number of halogens is 1. The van der Waals surface area contributed by atoms with Gasteiger partial charge in [-0.05, 0) is 29.0 Å². The Morgan fingerprint density at radius 1 is 1.38 bits per heavy atom. The van der Waals surface area contributed by atoms with Gasteiger partial charge in [0.25, 0.3) is 0 Å². The lowest BCUT2D eigenvalue weighted by Crippen LogP contribution is -2.10. The van der Waals surface area contributed by atoms with E-state index in [-0.39, 0.29) is 23.7 Å². The first-order valence-corrected chi connectivity index (χ1v) is 4.61. The molecule has 1 N–H and O–H groups in total. The van der Waals surface area contributed by atoms with Crippen molar-refractivity contribution in [3.05, 3.63) is 23.2 Å². The zero-order chi connectivity index (χ0) is 9.84. The van der Waals surface area contributed by atoms with Gasteiger partial charge in [-0.15, -0.1) is 0 Å². The topological polar surface area (TPSA) is 46.0 Å². The van der Waals surface area contributed by atoms with Gasteiger partial charge in [0.15, 0.2) is 0 Å². The van der Waals surface area contributed by atoms with Crippen LogP contribution in [0.15, 0.2) is 12.4 Å². The summed E-state index contributed by atoms with van der Waals surface area (Å²) in [5.74, 6) is 0.465. The molecule has 72 valence electrons. The van der Waals surface area contributed by atoms with E-state index in [2.05, 4.69) is 9.97 Å². The van der Waals surface area contributed by atoms with E-state index in [4.69, 9.17) is 16.7 Å². The highest BCUT2D eigenvalue weighted by molar-refractivity contribution is 6.28. The molecule has 0 aliphatic carbocycles. The van der Waals surface area contributed by atoms with Gasteiger partial charge >= 0.3 is 0 Å². The lowest BCUT2D eigenvalue weighted by Gasteiger charge is -2.16. The van der Waals surface area contributed by atoms with Gasteiger partial charge in [0, 0.05) is 19.0 Å². The minimum Gasteiger partial charge on any atom is -0.396 e. The summed E-state index contributed by atoms with van der Waals surface area (Å²) in [6, 6.07) is 0. The van der Waals surface area contributed by atoms with Crippen molar-refractivity contribution in [2.75, 3.05) is 6.61 Å². The number of rotatable bonds is 3. The predicted molar refractivity (Wildman–Crippen MR) is 51.7 cm³/mol. The summed E-state index contributed by atoms with van der Waals surface area (Å²) < 4.78 is 0. The van der Waals surface area contributed by atoms with Crippen molar-refractivity contribution < 1.29 is 5.11 Å². The van der Waals surface area contributed by atoms with Crippen LogP contribution in [-0.4, -0.2) is 21.7 Å². The van der Waals surface area contributed by atoms with Gasteiger partial charge in [0.2, 0.25) is 5.28 Å². The molecule has 0 aliphatic rings. The van der Waals surface area contributed by atoms with E-state index in [9.17, 15) is 0 Å². The molecule has 2 atom stereocenters. The Kier molecular flexibility index (Phi) is 3.63. The van der Waals surface area contributed by atoms with E-state index in [1.165, 1.54) is 0 Å². The smallest absolute Gasteiger partial charge is 0.222 e. The van der Waals surface area contributed by atoms with Gasteiger partial charge in [0.1, 0.15) is 0 Å². The normalized spacial score (nSPS) is 15.4. The van der Waals surface area contributed by atoms with Crippen LogP contribution < -0.4 is 0 Å². The highest BCUT2D eigenvalue weighted by Crippen LogP contribution is 2.22. The van der Waals surface area contributed by atoms with Crippen LogP contribution in [0.5, 0.6) is 0 Å². The standard InChI is InChI=1S/C9H13ClN2O/c1-6(5-13)7(2)8-3-11-9(10)12-4-8/h3-4,6-7,13H,5H2,1-2H3.